The number of ether oxygens (including phenoxy) is 1. The maximum absolute atomic E-state index is 14.3. The highest BCUT2D eigenvalue weighted by Crippen LogP contribution is 2.52. The number of nitrogens with one attached hydrogen (secondary N) is 1. The number of halogens is 2. The number of benzene rings is 3. The van der Waals surface area contributed by atoms with Crippen molar-refractivity contribution >= 4 is 29.1 Å². The number of fused-ring (bicyclic) bond motifs is 1. The van der Waals surface area contributed by atoms with Crippen molar-refractivity contribution in [2.75, 3.05) is 12.4 Å². The molecule has 0 radical (unpaired) electrons. The van der Waals surface area contributed by atoms with Crippen LogP contribution in [0.1, 0.15) is 17.2 Å². The molecule has 1 aliphatic heterocycles. The van der Waals surface area contributed by atoms with E-state index in [1.54, 1.807) is 12.1 Å². The molecule has 0 spiro atoms. The fraction of sp³-hybridized carbons (Fsp3) is 0.174. The van der Waals surface area contributed by atoms with Gasteiger partial charge in [-0.25, -0.2) is 4.39 Å². The molecule has 0 amide bonds. The van der Waals surface area contributed by atoms with E-state index >= 15 is 0 Å². The van der Waals surface area contributed by atoms with Crippen LogP contribution in [0, 0.1) is 17.1 Å². The second kappa shape index (κ2) is 7.98. The predicted octanol–water partition coefficient (Wildman–Crippen LogP) is 6.25. The number of rotatable bonds is 4. The molecule has 146 valence electrons. The SMILES string of the molecule is COc1ccc(CC2(C#N)Sc3ccccc3NC2c2ccc(Cl)cc2)cc1F. The van der Waals surface area contributed by atoms with Crippen molar-refractivity contribution in [1.82, 2.24) is 0 Å². The smallest absolute Gasteiger partial charge is 0.165 e. The Morgan fingerprint density at radius 1 is 1.17 bits per heavy atom. The molecule has 2 unspecified atom stereocenters. The third-order valence-electron chi connectivity index (χ3n) is 5.02. The lowest BCUT2D eigenvalue weighted by Crippen LogP contribution is -2.41. The molecule has 0 aromatic heterocycles. The number of nitriles is 1. The fourth-order valence-corrected chi connectivity index (χ4v) is 5.10. The minimum Gasteiger partial charge on any atom is -0.494 e. The highest BCUT2D eigenvalue weighted by Gasteiger charge is 2.45. The van der Waals surface area contributed by atoms with Crippen LogP contribution >= 0.6 is 23.4 Å². The zero-order chi connectivity index (χ0) is 20.4. The van der Waals surface area contributed by atoms with Gasteiger partial charge in [0.15, 0.2) is 11.6 Å². The first kappa shape index (κ1) is 19.6. The molecule has 6 heteroatoms. The lowest BCUT2D eigenvalue weighted by atomic mass is 9.87. The van der Waals surface area contributed by atoms with Crippen molar-refractivity contribution in [1.29, 1.82) is 5.26 Å². The summed E-state index contributed by atoms with van der Waals surface area (Å²) in [5.41, 5.74) is 2.66. The molecule has 0 saturated heterocycles. The largest absolute Gasteiger partial charge is 0.494 e. The first-order valence-electron chi connectivity index (χ1n) is 9.08. The Labute approximate surface area is 178 Å². The van der Waals surface area contributed by atoms with E-state index in [2.05, 4.69) is 11.4 Å². The molecule has 3 nitrogen and oxygen atoms in total. The van der Waals surface area contributed by atoms with Crippen LogP contribution in [-0.2, 0) is 6.42 Å². The first-order chi connectivity index (χ1) is 14.0. The first-order valence-corrected chi connectivity index (χ1v) is 10.3. The Hall–Kier alpha value is -2.68. The summed E-state index contributed by atoms with van der Waals surface area (Å²) in [5.74, 6) is -0.246. The van der Waals surface area contributed by atoms with Crippen molar-refractivity contribution < 1.29 is 9.13 Å². The summed E-state index contributed by atoms with van der Waals surface area (Å²) in [6.45, 7) is 0. The number of hydrogen-bond acceptors (Lipinski definition) is 4. The van der Waals surface area contributed by atoms with Crippen LogP contribution in [-0.4, -0.2) is 11.9 Å². The molecule has 0 aliphatic carbocycles. The van der Waals surface area contributed by atoms with E-state index in [0.717, 1.165) is 21.7 Å². The van der Waals surface area contributed by atoms with Gasteiger partial charge in [-0.3, -0.25) is 0 Å². The van der Waals surface area contributed by atoms with Gasteiger partial charge in [-0.2, -0.15) is 5.26 Å². The lowest BCUT2D eigenvalue weighted by molar-refractivity contribution is 0.386. The molecule has 3 aromatic carbocycles. The van der Waals surface area contributed by atoms with Gasteiger partial charge < -0.3 is 10.1 Å². The van der Waals surface area contributed by atoms with Crippen molar-refractivity contribution in [2.45, 2.75) is 22.1 Å². The molecule has 3 aromatic rings. The molecule has 1 N–H and O–H groups in total. The van der Waals surface area contributed by atoms with Gasteiger partial charge in [0, 0.05) is 22.0 Å². The van der Waals surface area contributed by atoms with E-state index in [1.165, 1.54) is 24.9 Å². The summed E-state index contributed by atoms with van der Waals surface area (Å²) in [6, 6.07) is 22.5. The van der Waals surface area contributed by atoms with Crippen molar-refractivity contribution in [3.63, 3.8) is 0 Å². The van der Waals surface area contributed by atoms with E-state index in [4.69, 9.17) is 16.3 Å². The van der Waals surface area contributed by atoms with Crippen molar-refractivity contribution in [2.24, 2.45) is 0 Å². The number of hydrogen-bond donors (Lipinski definition) is 1. The maximum Gasteiger partial charge on any atom is 0.165 e. The Bertz CT molecular complexity index is 1080. The Kier molecular flexibility index (Phi) is 5.40. The standard InChI is InChI=1S/C23H18ClFN2OS/c1-28-20-11-6-15(12-18(20)25)13-23(14-26)22(16-7-9-17(24)10-8-16)27-19-4-2-3-5-21(19)29-23/h2-12,22,27H,13H2,1H3. The van der Waals surface area contributed by atoms with Gasteiger partial charge in [-0.15, -0.1) is 0 Å². The van der Waals surface area contributed by atoms with Crippen LogP contribution in [0.5, 0.6) is 5.75 Å². The van der Waals surface area contributed by atoms with Crippen LogP contribution in [0.25, 0.3) is 0 Å². The minimum atomic E-state index is -0.872. The number of nitrogens with zero attached hydrogens (tertiary/aromatic N) is 1. The van der Waals surface area contributed by atoms with E-state index in [0.29, 0.717) is 11.4 Å². The fourth-order valence-electron chi connectivity index (χ4n) is 3.60. The minimum absolute atomic E-state index is 0.189. The molecule has 2 atom stereocenters. The van der Waals surface area contributed by atoms with Gasteiger partial charge in [0.2, 0.25) is 0 Å². The molecular weight excluding hydrogens is 407 g/mol. The summed E-state index contributed by atoms with van der Waals surface area (Å²) >= 11 is 7.58. The normalized spacial score (nSPS) is 20.3. The average Bonchev–Trinajstić information content (AvgIpc) is 2.74. The van der Waals surface area contributed by atoms with Crippen molar-refractivity contribution in [3.8, 4) is 11.8 Å². The van der Waals surface area contributed by atoms with Crippen LogP contribution in [0.4, 0.5) is 10.1 Å². The Morgan fingerprint density at radius 3 is 2.62 bits per heavy atom. The third kappa shape index (κ3) is 3.78. The van der Waals surface area contributed by atoms with E-state index in [1.807, 2.05) is 48.5 Å². The summed E-state index contributed by atoms with van der Waals surface area (Å²) < 4.78 is 18.4. The molecule has 0 fully saturated rings. The maximum atomic E-state index is 14.3. The molecular formula is C23H18ClFN2OS. The van der Waals surface area contributed by atoms with E-state index < -0.39 is 10.6 Å². The highest BCUT2D eigenvalue weighted by molar-refractivity contribution is 8.01. The molecule has 4 rings (SSSR count). The highest BCUT2D eigenvalue weighted by atomic mass is 35.5. The number of thioether (sulfide) groups is 1. The molecule has 0 bridgehead atoms. The van der Waals surface area contributed by atoms with Gasteiger partial charge >= 0.3 is 0 Å². The second-order valence-electron chi connectivity index (χ2n) is 6.87. The average molecular weight is 425 g/mol. The monoisotopic (exact) mass is 424 g/mol. The summed E-state index contributed by atoms with van der Waals surface area (Å²) in [4.78, 5) is 0.994. The summed E-state index contributed by atoms with van der Waals surface area (Å²) in [5, 5.41) is 14.5. The van der Waals surface area contributed by atoms with E-state index in [9.17, 15) is 9.65 Å². The van der Waals surface area contributed by atoms with Crippen LogP contribution in [0.2, 0.25) is 5.02 Å². The summed E-state index contributed by atoms with van der Waals surface area (Å²) in [7, 11) is 1.43. The number of para-hydroxylation sites is 1. The molecule has 0 saturated carbocycles. The van der Waals surface area contributed by atoms with Gasteiger partial charge in [0.05, 0.1) is 19.2 Å². The third-order valence-corrected chi connectivity index (χ3v) is 6.68. The van der Waals surface area contributed by atoms with Gasteiger partial charge in [0.1, 0.15) is 4.75 Å². The van der Waals surface area contributed by atoms with Gasteiger partial charge in [0.25, 0.3) is 0 Å². The molecule has 1 aliphatic rings. The quantitative estimate of drug-likeness (QED) is 0.537. The Balaban J connectivity index is 1.79. The van der Waals surface area contributed by atoms with E-state index in [-0.39, 0.29) is 11.8 Å². The predicted molar refractivity (Wildman–Crippen MR) is 115 cm³/mol. The van der Waals surface area contributed by atoms with Gasteiger partial charge in [-0.1, -0.05) is 53.7 Å². The zero-order valence-corrected chi connectivity index (χ0v) is 17.2. The van der Waals surface area contributed by atoms with Crippen LogP contribution < -0.4 is 10.1 Å². The van der Waals surface area contributed by atoms with Gasteiger partial charge in [-0.05, 0) is 47.5 Å². The van der Waals surface area contributed by atoms with Crippen molar-refractivity contribution in [3.05, 3.63) is 88.7 Å². The topological polar surface area (TPSA) is 45.0 Å². The Morgan fingerprint density at radius 2 is 1.93 bits per heavy atom. The second-order valence-corrected chi connectivity index (χ2v) is 8.68. The van der Waals surface area contributed by atoms with Crippen LogP contribution in [0.15, 0.2) is 71.6 Å². The lowest BCUT2D eigenvalue weighted by Gasteiger charge is -2.40. The van der Waals surface area contributed by atoms with Crippen LogP contribution in [0.3, 0.4) is 0 Å². The molecule has 29 heavy (non-hydrogen) atoms. The zero-order valence-electron chi connectivity index (χ0n) is 15.7. The number of methoxy groups -OCH3 is 1. The molecule has 1 heterocycles. The summed E-state index contributed by atoms with van der Waals surface area (Å²) in [6.07, 6.45) is 0.365. The number of anilines is 1.